The molecule has 4 rings (SSSR count). The Balaban J connectivity index is 1.71. The lowest BCUT2D eigenvalue weighted by Gasteiger charge is -2.32. The summed E-state index contributed by atoms with van der Waals surface area (Å²) in [6.07, 6.45) is 0. The van der Waals surface area contributed by atoms with Gasteiger partial charge in [-0.3, -0.25) is 13.9 Å². The highest BCUT2D eigenvalue weighted by atomic mass is 35.5. The minimum atomic E-state index is -4.21. The maximum atomic E-state index is 14.0. The summed E-state index contributed by atoms with van der Waals surface area (Å²) in [5.41, 5.74) is 1.68. The van der Waals surface area contributed by atoms with E-state index in [2.05, 4.69) is 5.32 Å². The maximum absolute atomic E-state index is 14.0. The molecule has 0 spiro atoms. The van der Waals surface area contributed by atoms with Gasteiger partial charge in [0.2, 0.25) is 11.8 Å². The first-order chi connectivity index (χ1) is 21.0. The van der Waals surface area contributed by atoms with Gasteiger partial charge in [0.15, 0.2) is 0 Å². The molecule has 8 nitrogen and oxygen atoms in total. The molecule has 1 N–H and O–H groups in total. The highest BCUT2D eigenvalue weighted by molar-refractivity contribution is 7.92. The second-order valence-corrected chi connectivity index (χ2v) is 12.8. The number of hydrogen-bond acceptors (Lipinski definition) is 5. The number of anilines is 1. The van der Waals surface area contributed by atoms with Crippen molar-refractivity contribution in [3.63, 3.8) is 0 Å². The van der Waals surface area contributed by atoms with Crippen molar-refractivity contribution < 1.29 is 22.7 Å². The van der Waals surface area contributed by atoms with E-state index in [-0.39, 0.29) is 23.0 Å². The van der Waals surface area contributed by atoms with Gasteiger partial charge in [-0.05, 0) is 87.0 Å². The summed E-state index contributed by atoms with van der Waals surface area (Å²) in [6.45, 7) is 4.94. The van der Waals surface area contributed by atoms with Crippen molar-refractivity contribution in [2.24, 2.45) is 0 Å². The van der Waals surface area contributed by atoms with E-state index in [1.54, 1.807) is 80.6 Å². The molecule has 0 aromatic heterocycles. The number of carbonyl (C=O) groups excluding carboxylic acids is 2. The first kappa shape index (κ1) is 32.9. The third kappa shape index (κ3) is 8.11. The predicted octanol–water partition coefficient (Wildman–Crippen LogP) is 6.84. The molecule has 11 heteroatoms. The van der Waals surface area contributed by atoms with Gasteiger partial charge in [0.1, 0.15) is 24.1 Å². The van der Waals surface area contributed by atoms with Crippen molar-refractivity contribution in [2.75, 3.05) is 17.4 Å². The van der Waals surface area contributed by atoms with Gasteiger partial charge in [-0.2, -0.15) is 0 Å². The van der Waals surface area contributed by atoms with Crippen molar-refractivity contribution >= 4 is 50.7 Å². The lowest BCUT2D eigenvalue weighted by Crippen LogP contribution is -2.51. The average Bonchev–Trinajstić information content (AvgIpc) is 3.00. The topological polar surface area (TPSA) is 96.0 Å². The van der Waals surface area contributed by atoms with Crippen LogP contribution >= 0.6 is 23.2 Å². The molecular weight excluding hydrogens is 621 g/mol. The third-order valence-electron chi connectivity index (χ3n) is 6.87. The minimum absolute atomic E-state index is 0.0181. The number of aryl methyl sites for hydroxylation is 1. The van der Waals surface area contributed by atoms with Gasteiger partial charge >= 0.3 is 0 Å². The van der Waals surface area contributed by atoms with Crippen LogP contribution in [-0.4, -0.2) is 44.3 Å². The van der Waals surface area contributed by atoms with E-state index in [4.69, 9.17) is 27.9 Å². The summed E-state index contributed by atoms with van der Waals surface area (Å²) >= 11 is 12.5. The summed E-state index contributed by atoms with van der Waals surface area (Å²) in [4.78, 5) is 28.3. The Morgan fingerprint density at radius 1 is 0.886 bits per heavy atom. The molecule has 0 fully saturated rings. The van der Waals surface area contributed by atoms with Crippen molar-refractivity contribution in [1.82, 2.24) is 10.2 Å². The summed E-state index contributed by atoms with van der Waals surface area (Å²) < 4.78 is 35.0. The quantitative estimate of drug-likeness (QED) is 0.181. The monoisotopic (exact) mass is 653 g/mol. The van der Waals surface area contributed by atoms with Gasteiger partial charge in [0.25, 0.3) is 10.0 Å². The number of benzene rings is 4. The van der Waals surface area contributed by atoms with Crippen LogP contribution in [0.1, 0.15) is 25.0 Å². The van der Waals surface area contributed by atoms with Crippen LogP contribution < -0.4 is 14.4 Å². The molecule has 0 saturated heterocycles. The van der Waals surface area contributed by atoms with Crippen LogP contribution in [0.25, 0.3) is 0 Å². The fourth-order valence-corrected chi connectivity index (χ4v) is 6.29. The van der Waals surface area contributed by atoms with Crippen molar-refractivity contribution in [3.8, 4) is 11.5 Å². The van der Waals surface area contributed by atoms with E-state index in [1.807, 2.05) is 25.1 Å². The number of amides is 2. The number of carbonyl (C=O) groups is 2. The Hall–Kier alpha value is -4.05. The molecule has 0 saturated carbocycles. The normalized spacial score (nSPS) is 11.8. The SMILES string of the molecule is CCNC(=O)C(C)N(Cc1ccc(Cl)cc1Cl)C(=O)CN(c1ccc(Oc2ccccc2)cc1)S(=O)(=O)c1ccc(C)cc1. The third-order valence-corrected chi connectivity index (χ3v) is 9.24. The number of ether oxygens (including phenoxy) is 1. The van der Waals surface area contributed by atoms with Crippen LogP contribution in [-0.2, 0) is 26.2 Å². The molecule has 4 aromatic rings. The molecule has 0 bridgehead atoms. The van der Waals surface area contributed by atoms with Gasteiger partial charge in [0, 0.05) is 23.1 Å². The van der Waals surface area contributed by atoms with Crippen molar-refractivity contribution in [2.45, 2.75) is 38.3 Å². The van der Waals surface area contributed by atoms with Crippen molar-refractivity contribution in [3.05, 3.63) is 118 Å². The first-order valence-electron chi connectivity index (χ1n) is 13.9. The van der Waals surface area contributed by atoms with E-state index in [1.165, 1.54) is 17.0 Å². The molecule has 230 valence electrons. The van der Waals surface area contributed by atoms with Gasteiger partial charge in [-0.15, -0.1) is 0 Å². The number of para-hydroxylation sites is 1. The Labute approximate surface area is 268 Å². The van der Waals surface area contributed by atoms with Crippen LogP contribution in [0.5, 0.6) is 11.5 Å². The zero-order valence-electron chi connectivity index (χ0n) is 24.5. The Kier molecular flexibility index (Phi) is 10.9. The van der Waals surface area contributed by atoms with E-state index >= 15 is 0 Å². The highest BCUT2D eigenvalue weighted by Crippen LogP contribution is 2.29. The summed E-state index contributed by atoms with van der Waals surface area (Å²) in [5, 5.41) is 3.47. The molecule has 0 aliphatic carbocycles. The summed E-state index contributed by atoms with van der Waals surface area (Å²) in [5.74, 6) is 0.120. The van der Waals surface area contributed by atoms with Crippen LogP contribution in [0, 0.1) is 6.92 Å². The molecule has 0 aliphatic heterocycles. The maximum Gasteiger partial charge on any atom is 0.264 e. The number of halogens is 2. The van der Waals surface area contributed by atoms with Crippen LogP contribution in [0.4, 0.5) is 5.69 Å². The first-order valence-corrected chi connectivity index (χ1v) is 16.1. The van der Waals surface area contributed by atoms with Gasteiger partial charge in [0.05, 0.1) is 10.6 Å². The van der Waals surface area contributed by atoms with Crippen LogP contribution in [0.2, 0.25) is 10.0 Å². The van der Waals surface area contributed by atoms with Crippen molar-refractivity contribution in [1.29, 1.82) is 0 Å². The minimum Gasteiger partial charge on any atom is -0.457 e. The molecule has 4 aromatic carbocycles. The number of nitrogens with one attached hydrogen (secondary N) is 1. The van der Waals surface area contributed by atoms with Gasteiger partial charge in [-0.25, -0.2) is 8.42 Å². The predicted molar refractivity (Wildman–Crippen MR) is 174 cm³/mol. The lowest BCUT2D eigenvalue weighted by atomic mass is 10.1. The summed E-state index contributed by atoms with van der Waals surface area (Å²) in [7, 11) is -4.21. The molecule has 0 heterocycles. The largest absolute Gasteiger partial charge is 0.457 e. The fourth-order valence-electron chi connectivity index (χ4n) is 4.41. The average molecular weight is 655 g/mol. The van der Waals surface area contributed by atoms with E-state index in [9.17, 15) is 18.0 Å². The van der Waals surface area contributed by atoms with Gasteiger partial charge in [-0.1, -0.05) is 65.2 Å². The standard InChI is InChI=1S/C33H33Cl2N3O5S/c1-4-36-33(40)24(3)37(21-25-12-13-26(34)20-31(25)35)32(39)22-38(44(41,42)30-18-10-23(2)11-19-30)27-14-16-29(17-15-27)43-28-8-6-5-7-9-28/h5-20,24H,4,21-22H2,1-3H3,(H,36,40). The number of likely N-dealkylation sites (N-methyl/N-ethyl adjacent to an activating group) is 1. The van der Waals surface area contributed by atoms with Crippen LogP contribution in [0.15, 0.2) is 102 Å². The molecular formula is C33H33Cl2N3O5S. The van der Waals surface area contributed by atoms with E-state index in [0.29, 0.717) is 33.7 Å². The van der Waals surface area contributed by atoms with E-state index < -0.39 is 28.5 Å². The smallest absolute Gasteiger partial charge is 0.264 e. The Morgan fingerprint density at radius 2 is 1.52 bits per heavy atom. The highest BCUT2D eigenvalue weighted by Gasteiger charge is 2.32. The zero-order chi connectivity index (χ0) is 31.9. The second kappa shape index (κ2) is 14.6. The molecule has 2 amide bonds. The van der Waals surface area contributed by atoms with Crippen LogP contribution in [0.3, 0.4) is 0 Å². The van der Waals surface area contributed by atoms with E-state index in [0.717, 1.165) is 9.87 Å². The molecule has 1 unspecified atom stereocenters. The number of sulfonamides is 1. The van der Waals surface area contributed by atoms with Gasteiger partial charge < -0.3 is 15.0 Å². The molecule has 0 radical (unpaired) electrons. The zero-order valence-corrected chi connectivity index (χ0v) is 26.9. The fraction of sp³-hybridized carbons (Fsp3) is 0.212. The lowest BCUT2D eigenvalue weighted by molar-refractivity contribution is -0.139. The summed E-state index contributed by atoms with van der Waals surface area (Å²) in [6, 6.07) is 25.9. The number of hydrogen-bond donors (Lipinski definition) is 1. The molecule has 1 atom stereocenters. The number of nitrogens with zero attached hydrogens (tertiary/aromatic N) is 2. The second-order valence-electron chi connectivity index (χ2n) is 10.1. The Morgan fingerprint density at radius 3 is 2.14 bits per heavy atom. The number of rotatable bonds is 12. The molecule has 44 heavy (non-hydrogen) atoms. The molecule has 0 aliphatic rings. The Bertz CT molecular complexity index is 1700.